The van der Waals surface area contributed by atoms with Gasteiger partial charge in [0.15, 0.2) is 5.78 Å². The van der Waals surface area contributed by atoms with E-state index in [1.807, 2.05) is 6.92 Å². The van der Waals surface area contributed by atoms with Crippen LogP contribution >= 0.6 is 0 Å². The van der Waals surface area contributed by atoms with Crippen molar-refractivity contribution in [3.8, 4) is 0 Å². The van der Waals surface area contributed by atoms with E-state index in [0.29, 0.717) is 29.1 Å². The summed E-state index contributed by atoms with van der Waals surface area (Å²) in [6.45, 7) is 7.48. The lowest BCUT2D eigenvalue weighted by Crippen LogP contribution is -2.45. The first-order valence-corrected chi connectivity index (χ1v) is 11.5. The van der Waals surface area contributed by atoms with E-state index in [9.17, 15) is 18.0 Å². The van der Waals surface area contributed by atoms with E-state index in [1.165, 1.54) is 11.4 Å². The highest BCUT2D eigenvalue weighted by Gasteiger charge is 2.44. The second-order valence-electron chi connectivity index (χ2n) is 7.59. The van der Waals surface area contributed by atoms with Crippen LogP contribution in [0.5, 0.6) is 0 Å². The molecule has 1 aromatic heterocycles. The molecule has 0 aliphatic heterocycles. The highest BCUT2D eigenvalue weighted by Crippen LogP contribution is 2.36. The SMILES string of the molecule is CCn1c(C)c(C(=O)C(C)N(C2CC2)S(=O)(=O)c2ccccc2)c(C)c1C(=O)OC. The van der Waals surface area contributed by atoms with E-state index in [2.05, 4.69) is 0 Å². The number of Topliss-reactive ketones (excluding diaryl/α,β-unsaturated/α-hetero) is 1. The number of esters is 1. The van der Waals surface area contributed by atoms with Crippen molar-refractivity contribution in [3.05, 3.63) is 52.8 Å². The molecule has 1 fully saturated rings. The molecule has 1 heterocycles. The normalized spacial score (nSPS) is 15.3. The maximum absolute atomic E-state index is 13.6. The summed E-state index contributed by atoms with van der Waals surface area (Å²) in [5, 5.41) is 0. The molecule has 0 bridgehead atoms. The smallest absolute Gasteiger partial charge is 0.354 e. The van der Waals surface area contributed by atoms with E-state index >= 15 is 0 Å². The molecule has 2 aromatic rings. The fourth-order valence-corrected chi connectivity index (χ4v) is 5.96. The Morgan fingerprint density at radius 3 is 2.30 bits per heavy atom. The quantitative estimate of drug-likeness (QED) is 0.472. The summed E-state index contributed by atoms with van der Waals surface area (Å²) in [5.41, 5.74) is 1.88. The minimum Gasteiger partial charge on any atom is -0.464 e. The fraction of sp³-hybridized carbons (Fsp3) is 0.455. The number of hydrogen-bond acceptors (Lipinski definition) is 5. The molecule has 7 nitrogen and oxygen atoms in total. The molecule has 30 heavy (non-hydrogen) atoms. The Morgan fingerprint density at radius 2 is 1.80 bits per heavy atom. The van der Waals surface area contributed by atoms with Crippen LogP contribution in [0.2, 0.25) is 0 Å². The molecule has 8 heteroatoms. The van der Waals surface area contributed by atoms with Gasteiger partial charge in [-0.15, -0.1) is 0 Å². The van der Waals surface area contributed by atoms with Crippen molar-refractivity contribution < 1.29 is 22.7 Å². The van der Waals surface area contributed by atoms with Gasteiger partial charge in [0.1, 0.15) is 5.69 Å². The lowest BCUT2D eigenvalue weighted by Gasteiger charge is -2.27. The Bertz CT molecular complexity index is 1070. The zero-order valence-electron chi connectivity index (χ0n) is 18.0. The van der Waals surface area contributed by atoms with Crippen LogP contribution in [-0.4, -0.2) is 48.2 Å². The van der Waals surface area contributed by atoms with Gasteiger partial charge in [-0.25, -0.2) is 13.2 Å². The van der Waals surface area contributed by atoms with Crippen molar-refractivity contribution in [2.75, 3.05) is 7.11 Å². The molecule has 1 saturated carbocycles. The molecule has 0 spiro atoms. The van der Waals surface area contributed by atoms with Crippen LogP contribution in [0.4, 0.5) is 0 Å². The van der Waals surface area contributed by atoms with Crippen LogP contribution in [0.15, 0.2) is 35.2 Å². The predicted molar refractivity (Wildman–Crippen MR) is 113 cm³/mol. The van der Waals surface area contributed by atoms with Crippen LogP contribution in [0.25, 0.3) is 0 Å². The third kappa shape index (κ3) is 3.70. The van der Waals surface area contributed by atoms with Gasteiger partial charge in [0.2, 0.25) is 10.0 Å². The number of nitrogens with zero attached hydrogens (tertiary/aromatic N) is 2. The van der Waals surface area contributed by atoms with Crippen LogP contribution < -0.4 is 0 Å². The lowest BCUT2D eigenvalue weighted by atomic mass is 10.0. The standard InChI is InChI=1S/C22H28N2O5S/c1-6-23-15(3)19(14(2)20(23)22(26)29-5)21(25)16(4)24(17-12-13-17)30(27,28)18-10-8-7-9-11-18/h7-11,16-17H,6,12-13H2,1-5H3. The molecule has 0 N–H and O–H groups in total. The summed E-state index contributed by atoms with van der Waals surface area (Å²) in [4.78, 5) is 26.0. The number of ether oxygens (including phenoxy) is 1. The van der Waals surface area contributed by atoms with Gasteiger partial charge in [-0.3, -0.25) is 4.79 Å². The van der Waals surface area contributed by atoms with Crippen molar-refractivity contribution >= 4 is 21.8 Å². The van der Waals surface area contributed by atoms with Crippen LogP contribution in [0.1, 0.15) is 58.8 Å². The number of rotatable bonds is 8. The molecule has 162 valence electrons. The number of aromatic nitrogens is 1. The Morgan fingerprint density at radius 1 is 1.20 bits per heavy atom. The molecule has 0 saturated heterocycles. The second-order valence-corrected chi connectivity index (χ2v) is 9.43. The zero-order chi connectivity index (χ0) is 22.2. The predicted octanol–water partition coefficient (Wildman–Crippen LogP) is 3.34. The topological polar surface area (TPSA) is 85.7 Å². The number of benzene rings is 1. The summed E-state index contributed by atoms with van der Waals surface area (Å²) in [6.07, 6.45) is 1.45. The Kier molecular flexibility index (Phi) is 6.19. The Balaban J connectivity index is 2.06. The van der Waals surface area contributed by atoms with Crippen molar-refractivity contribution in [1.82, 2.24) is 8.87 Å². The highest BCUT2D eigenvalue weighted by molar-refractivity contribution is 7.89. The molecule has 1 aromatic carbocycles. The monoisotopic (exact) mass is 432 g/mol. The van der Waals surface area contributed by atoms with Gasteiger partial charge in [0, 0.05) is 23.8 Å². The number of methoxy groups -OCH3 is 1. The number of carbonyl (C=O) groups is 2. The maximum Gasteiger partial charge on any atom is 0.354 e. The molecule has 1 atom stereocenters. The first kappa shape index (κ1) is 22.2. The first-order valence-electron chi connectivity index (χ1n) is 10.1. The van der Waals surface area contributed by atoms with Crippen LogP contribution in [0, 0.1) is 13.8 Å². The summed E-state index contributed by atoms with van der Waals surface area (Å²) in [7, 11) is -2.53. The van der Waals surface area contributed by atoms with E-state index in [-0.39, 0.29) is 16.7 Å². The van der Waals surface area contributed by atoms with Crippen molar-refractivity contribution in [1.29, 1.82) is 0 Å². The van der Waals surface area contributed by atoms with E-state index in [0.717, 1.165) is 12.8 Å². The summed E-state index contributed by atoms with van der Waals surface area (Å²) in [6, 6.07) is 7.10. The zero-order valence-corrected chi connectivity index (χ0v) is 18.8. The lowest BCUT2D eigenvalue weighted by molar-refractivity contribution is 0.0587. The average Bonchev–Trinajstić information content (AvgIpc) is 3.52. The van der Waals surface area contributed by atoms with Gasteiger partial charge in [0.25, 0.3) is 0 Å². The molecule has 1 unspecified atom stereocenters. The van der Waals surface area contributed by atoms with Crippen molar-refractivity contribution in [3.63, 3.8) is 0 Å². The highest BCUT2D eigenvalue weighted by atomic mass is 32.2. The van der Waals surface area contributed by atoms with Crippen LogP contribution in [0.3, 0.4) is 0 Å². The molecule has 0 amide bonds. The number of sulfonamides is 1. The summed E-state index contributed by atoms with van der Waals surface area (Å²) < 4.78 is 34.7. The summed E-state index contributed by atoms with van der Waals surface area (Å²) in [5.74, 6) is -0.825. The molecular weight excluding hydrogens is 404 g/mol. The van der Waals surface area contributed by atoms with Crippen LogP contribution in [-0.2, 0) is 21.3 Å². The number of hydrogen-bond donors (Lipinski definition) is 0. The van der Waals surface area contributed by atoms with Gasteiger partial charge in [-0.1, -0.05) is 18.2 Å². The molecule has 3 rings (SSSR count). The molecule has 1 aliphatic rings. The van der Waals surface area contributed by atoms with E-state index < -0.39 is 22.0 Å². The number of ketones is 1. The molecule has 0 radical (unpaired) electrons. The molecule has 1 aliphatic carbocycles. The third-order valence-electron chi connectivity index (χ3n) is 5.69. The van der Waals surface area contributed by atoms with Gasteiger partial charge >= 0.3 is 5.97 Å². The Labute approximate surface area is 177 Å². The maximum atomic E-state index is 13.6. The first-order chi connectivity index (χ1) is 14.2. The van der Waals surface area contributed by atoms with Crippen molar-refractivity contribution in [2.24, 2.45) is 0 Å². The minimum atomic E-state index is -3.83. The van der Waals surface area contributed by atoms with Gasteiger partial charge < -0.3 is 9.30 Å². The van der Waals surface area contributed by atoms with Gasteiger partial charge in [-0.2, -0.15) is 4.31 Å². The average molecular weight is 433 g/mol. The molecular formula is C22H28N2O5S. The largest absolute Gasteiger partial charge is 0.464 e. The second kappa shape index (κ2) is 8.35. The Hall–Kier alpha value is -2.45. The van der Waals surface area contributed by atoms with E-state index in [4.69, 9.17) is 4.74 Å². The van der Waals surface area contributed by atoms with Gasteiger partial charge in [0.05, 0.1) is 18.0 Å². The number of carbonyl (C=O) groups excluding carboxylic acids is 2. The van der Waals surface area contributed by atoms with Gasteiger partial charge in [-0.05, 0) is 58.2 Å². The fourth-order valence-electron chi connectivity index (χ4n) is 4.10. The summed E-state index contributed by atoms with van der Waals surface area (Å²) >= 11 is 0. The van der Waals surface area contributed by atoms with Crippen molar-refractivity contribution in [2.45, 2.75) is 64.1 Å². The van der Waals surface area contributed by atoms with E-state index in [1.54, 1.807) is 55.7 Å². The third-order valence-corrected chi connectivity index (χ3v) is 7.73. The minimum absolute atomic E-state index is 0.173.